The van der Waals surface area contributed by atoms with Gasteiger partial charge in [0.25, 0.3) is 0 Å². The molecule has 0 amide bonds. The first-order valence-electron chi connectivity index (χ1n) is 7.90. The first kappa shape index (κ1) is 18.4. The highest BCUT2D eigenvalue weighted by Gasteiger charge is 2.06. The number of hydrogen-bond acceptors (Lipinski definition) is 7. The molecule has 0 saturated carbocycles. The van der Waals surface area contributed by atoms with Crippen molar-refractivity contribution in [3.63, 3.8) is 0 Å². The van der Waals surface area contributed by atoms with Gasteiger partial charge in [-0.15, -0.1) is 0 Å². The fourth-order valence-corrected chi connectivity index (χ4v) is 2.42. The summed E-state index contributed by atoms with van der Waals surface area (Å²) in [6, 6.07) is 12.9. The van der Waals surface area contributed by atoms with Gasteiger partial charge in [-0.3, -0.25) is 5.43 Å². The molecule has 0 spiro atoms. The second-order valence-electron chi connectivity index (χ2n) is 5.37. The molecule has 1 aromatic heterocycles. The van der Waals surface area contributed by atoms with Gasteiger partial charge in [-0.2, -0.15) is 15.2 Å². The lowest BCUT2D eigenvalue weighted by atomic mass is 10.2. The fourth-order valence-electron chi connectivity index (χ4n) is 2.21. The number of nitrogens with one attached hydrogen (secondary N) is 2. The molecule has 0 saturated heterocycles. The fraction of sp³-hybridized carbons (Fsp3) is 0.111. The van der Waals surface area contributed by atoms with Gasteiger partial charge in [-0.05, 0) is 41.5 Å². The highest BCUT2D eigenvalue weighted by Crippen LogP contribution is 2.28. The van der Waals surface area contributed by atoms with Crippen molar-refractivity contribution >= 4 is 23.6 Å². The molecule has 9 heteroatoms. The largest absolute Gasteiger partial charge is 0.493 e. The molecule has 8 nitrogen and oxygen atoms in total. The third-order valence-corrected chi connectivity index (χ3v) is 3.67. The molecule has 0 aliphatic heterocycles. The average Bonchev–Trinajstić information content (AvgIpc) is 2.67. The van der Waals surface area contributed by atoms with Crippen LogP contribution in [0, 0.1) is 0 Å². The van der Waals surface area contributed by atoms with Crippen LogP contribution in [0.4, 0.5) is 5.82 Å². The zero-order chi connectivity index (χ0) is 19.1. The Bertz CT molecular complexity index is 1010. The molecule has 3 rings (SSSR count). The van der Waals surface area contributed by atoms with Gasteiger partial charge in [0, 0.05) is 5.02 Å². The van der Waals surface area contributed by atoms with Crippen molar-refractivity contribution in [1.82, 2.24) is 15.2 Å². The van der Waals surface area contributed by atoms with E-state index in [2.05, 4.69) is 25.7 Å². The predicted octanol–water partition coefficient (Wildman–Crippen LogP) is 2.85. The van der Waals surface area contributed by atoms with Gasteiger partial charge < -0.3 is 9.47 Å². The van der Waals surface area contributed by atoms with E-state index in [1.54, 1.807) is 25.5 Å². The van der Waals surface area contributed by atoms with Crippen molar-refractivity contribution in [2.24, 2.45) is 5.10 Å². The molecule has 0 aliphatic carbocycles. The van der Waals surface area contributed by atoms with E-state index in [4.69, 9.17) is 21.1 Å². The Kier molecular flexibility index (Phi) is 6.01. The Labute approximate surface area is 159 Å². The predicted molar refractivity (Wildman–Crippen MR) is 103 cm³/mol. The maximum atomic E-state index is 11.1. The summed E-state index contributed by atoms with van der Waals surface area (Å²) in [6.45, 7) is 0.368. The summed E-state index contributed by atoms with van der Waals surface area (Å²) in [5.41, 5.74) is 3.80. The monoisotopic (exact) mass is 385 g/mol. The Hall–Kier alpha value is -3.39. The molecule has 0 fully saturated rings. The van der Waals surface area contributed by atoms with Crippen LogP contribution in [0.15, 0.2) is 58.6 Å². The van der Waals surface area contributed by atoms with Crippen LogP contribution in [0.25, 0.3) is 0 Å². The standard InChI is InChI=1S/C18H16ClN5O3/c1-26-16-8-12(9-20-23-17-10-21-24-18(25)22-17)5-6-15(16)27-11-13-3-2-4-14(19)7-13/h2-10H,11H2,1H3,(H2,22,23,24,25)/b20-9-. The number of hydrogen-bond donors (Lipinski definition) is 2. The van der Waals surface area contributed by atoms with Crippen molar-refractivity contribution in [1.29, 1.82) is 0 Å². The lowest BCUT2D eigenvalue weighted by molar-refractivity contribution is 0.284. The van der Waals surface area contributed by atoms with Crippen molar-refractivity contribution in [3.8, 4) is 11.5 Å². The quantitative estimate of drug-likeness (QED) is 0.479. The molecule has 0 unspecified atom stereocenters. The number of hydrazone groups is 1. The molecule has 0 radical (unpaired) electrons. The Morgan fingerprint density at radius 2 is 2.15 bits per heavy atom. The summed E-state index contributed by atoms with van der Waals surface area (Å²) in [7, 11) is 1.56. The van der Waals surface area contributed by atoms with E-state index in [9.17, 15) is 4.79 Å². The van der Waals surface area contributed by atoms with E-state index in [0.717, 1.165) is 11.1 Å². The number of anilines is 1. The molecule has 0 atom stereocenters. The zero-order valence-corrected chi connectivity index (χ0v) is 15.1. The number of nitrogens with zero attached hydrogens (tertiary/aromatic N) is 3. The normalized spacial score (nSPS) is 10.7. The Morgan fingerprint density at radius 3 is 2.93 bits per heavy atom. The van der Waals surface area contributed by atoms with Crippen LogP contribution in [0.1, 0.15) is 11.1 Å². The number of benzene rings is 2. The summed E-state index contributed by atoms with van der Waals surface area (Å²) in [4.78, 5) is 14.7. The summed E-state index contributed by atoms with van der Waals surface area (Å²) in [5.74, 6) is 1.41. The van der Waals surface area contributed by atoms with Gasteiger partial charge in [0.15, 0.2) is 17.3 Å². The van der Waals surface area contributed by atoms with Gasteiger partial charge in [-0.1, -0.05) is 23.7 Å². The van der Waals surface area contributed by atoms with Gasteiger partial charge >= 0.3 is 5.69 Å². The van der Waals surface area contributed by atoms with E-state index in [1.165, 1.54) is 6.20 Å². The minimum absolute atomic E-state index is 0.239. The van der Waals surface area contributed by atoms with Crippen molar-refractivity contribution in [3.05, 3.63) is 75.3 Å². The number of rotatable bonds is 7. The van der Waals surface area contributed by atoms with E-state index in [1.807, 2.05) is 30.3 Å². The topological polar surface area (TPSA) is 101 Å². The van der Waals surface area contributed by atoms with Crippen LogP contribution >= 0.6 is 11.6 Å². The first-order chi connectivity index (χ1) is 13.1. The highest BCUT2D eigenvalue weighted by atomic mass is 35.5. The third kappa shape index (κ3) is 5.29. The summed E-state index contributed by atoms with van der Waals surface area (Å²) in [6.07, 6.45) is 2.91. The summed E-state index contributed by atoms with van der Waals surface area (Å²) in [5, 5.41) is 10.5. The van der Waals surface area contributed by atoms with Crippen molar-refractivity contribution < 1.29 is 9.47 Å². The maximum absolute atomic E-state index is 11.1. The molecule has 27 heavy (non-hydrogen) atoms. The van der Waals surface area contributed by atoms with E-state index >= 15 is 0 Å². The summed E-state index contributed by atoms with van der Waals surface area (Å²) < 4.78 is 11.2. The SMILES string of the molecule is COc1cc(/C=N\Nc2cn[nH]c(=O)n2)ccc1OCc1cccc(Cl)c1. The molecular weight excluding hydrogens is 370 g/mol. The van der Waals surface area contributed by atoms with E-state index in [0.29, 0.717) is 23.1 Å². The van der Waals surface area contributed by atoms with Crippen LogP contribution < -0.4 is 20.6 Å². The first-order valence-corrected chi connectivity index (χ1v) is 8.28. The van der Waals surface area contributed by atoms with E-state index in [-0.39, 0.29) is 5.82 Å². The van der Waals surface area contributed by atoms with Crippen molar-refractivity contribution in [2.75, 3.05) is 12.5 Å². The second-order valence-corrected chi connectivity index (χ2v) is 5.81. The molecule has 138 valence electrons. The molecular formula is C18H16ClN5O3. The minimum atomic E-state index is -0.557. The van der Waals surface area contributed by atoms with Crippen LogP contribution in [-0.4, -0.2) is 28.5 Å². The highest BCUT2D eigenvalue weighted by molar-refractivity contribution is 6.30. The van der Waals surface area contributed by atoms with Crippen LogP contribution in [0.2, 0.25) is 5.02 Å². The number of H-pyrrole nitrogens is 1. The number of aromatic amines is 1. The molecule has 0 aliphatic rings. The Balaban J connectivity index is 1.66. The average molecular weight is 386 g/mol. The lowest BCUT2D eigenvalue weighted by Crippen LogP contribution is -2.13. The lowest BCUT2D eigenvalue weighted by Gasteiger charge is -2.11. The van der Waals surface area contributed by atoms with Crippen LogP contribution in [0.3, 0.4) is 0 Å². The van der Waals surface area contributed by atoms with Gasteiger partial charge in [0.05, 0.1) is 19.5 Å². The summed E-state index contributed by atoms with van der Waals surface area (Å²) >= 11 is 5.98. The molecule has 3 aromatic rings. The maximum Gasteiger partial charge on any atom is 0.363 e. The number of aromatic nitrogens is 3. The molecule has 2 N–H and O–H groups in total. The van der Waals surface area contributed by atoms with Crippen LogP contribution in [-0.2, 0) is 6.61 Å². The van der Waals surface area contributed by atoms with E-state index < -0.39 is 5.69 Å². The van der Waals surface area contributed by atoms with Crippen molar-refractivity contribution in [2.45, 2.75) is 6.61 Å². The molecule has 0 bridgehead atoms. The zero-order valence-electron chi connectivity index (χ0n) is 14.3. The Morgan fingerprint density at radius 1 is 1.26 bits per heavy atom. The number of ether oxygens (including phenoxy) is 2. The number of methoxy groups -OCH3 is 1. The second kappa shape index (κ2) is 8.81. The third-order valence-electron chi connectivity index (χ3n) is 3.43. The minimum Gasteiger partial charge on any atom is -0.493 e. The van der Waals surface area contributed by atoms with Gasteiger partial charge in [0.2, 0.25) is 0 Å². The van der Waals surface area contributed by atoms with Crippen LogP contribution in [0.5, 0.6) is 11.5 Å². The van der Waals surface area contributed by atoms with Gasteiger partial charge in [0.1, 0.15) is 6.61 Å². The molecule has 1 heterocycles. The smallest absolute Gasteiger partial charge is 0.363 e. The molecule has 2 aromatic carbocycles. The number of halogens is 1. The van der Waals surface area contributed by atoms with Gasteiger partial charge in [-0.25, -0.2) is 9.89 Å².